The zero-order chi connectivity index (χ0) is 34.2. The molecule has 49 heavy (non-hydrogen) atoms. The minimum Gasteiger partial charge on any atom is -0.492 e. The number of nitriles is 1. The number of benzene rings is 3. The molecule has 7 rings (SSSR count). The Morgan fingerprint density at radius 2 is 1.78 bits per heavy atom. The van der Waals surface area contributed by atoms with Gasteiger partial charge in [-0.25, -0.2) is 8.78 Å². The van der Waals surface area contributed by atoms with Crippen LogP contribution in [0.1, 0.15) is 59.6 Å². The number of hydrogen-bond donors (Lipinski definition) is 1. The molecule has 1 aliphatic heterocycles. The van der Waals surface area contributed by atoms with Crippen molar-refractivity contribution in [3.8, 4) is 34.4 Å². The van der Waals surface area contributed by atoms with Crippen molar-refractivity contribution in [3.05, 3.63) is 105 Å². The first kappa shape index (κ1) is 33.6. The molecule has 0 radical (unpaired) electrons. The van der Waals surface area contributed by atoms with E-state index in [1.54, 1.807) is 24.4 Å². The van der Waals surface area contributed by atoms with E-state index < -0.39 is 5.92 Å². The summed E-state index contributed by atoms with van der Waals surface area (Å²) in [7, 11) is 0. The summed E-state index contributed by atoms with van der Waals surface area (Å²) in [4.78, 5) is 6.33. The summed E-state index contributed by atoms with van der Waals surface area (Å²) in [6.45, 7) is 3.24. The van der Waals surface area contributed by atoms with E-state index >= 15 is 0 Å². The van der Waals surface area contributed by atoms with Crippen molar-refractivity contribution in [3.63, 3.8) is 0 Å². The lowest BCUT2D eigenvalue weighted by atomic mass is 9.61. The van der Waals surface area contributed by atoms with Crippen LogP contribution < -0.4 is 19.9 Å². The van der Waals surface area contributed by atoms with Crippen LogP contribution in [0.2, 0.25) is 10.0 Å². The summed E-state index contributed by atoms with van der Waals surface area (Å²) >= 11 is 13.6. The van der Waals surface area contributed by atoms with Crippen molar-refractivity contribution in [2.45, 2.75) is 57.3 Å². The minimum atomic E-state index is -2.47. The number of pyridine rings is 1. The van der Waals surface area contributed by atoms with Gasteiger partial charge in [0.2, 0.25) is 5.92 Å². The highest BCUT2D eigenvalue weighted by atomic mass is 35.5. The molecule has 1 spiro atoms. The topological polar surface area (TPSA) is 93.6 Å². The number of nitrogens with two attached hydrogens (primary N) is 1. The summed E-state index contributed by atoms with van der Waals surface area (Å²) in [5, 5.41) is 10.2. The molecule has 1 saturated heterocycles. The Hall–Kier alpha value is -3.94. The van der Waals surface area contributed by atoms with Crippen LogP contribution in [0.15, 0.2) is 67.0 Å². The van der Waals surface area contributed by atoms with Crippen LogP contribution in [-0.2, 0) is 19.6 Å². The fourth-order valence-corrected chi connectivity index (χ4v) is 8.04. The third-order valence-corrected chi connectivity index (χ3v) is 10.3. The zero-order valence-electron chi connectivity index (χ0n) is 26.9. The van der Waals surface area contributed by atoms with Crippen LogP contribution in [0, 0.1) is 16.7 Å². The highest BCUT2D eigenvalue weighted by molar-refractivity contribution is 6.35. The Morgan fingerprint density at radius 3 is 2.55 bits per heavy atom. The average Bonchev–Trinajstić information content (AvgIpc) is 3.48. The second-order valence-electron chi connectivity index (χ2n) is 13.3. The lowest BCUT2D eigenvalue weighted by Gasteiger charge is -2.58. The van der Waals surface area contributed by atoms with E-state index in [-0.39, 0.29) is 37.5 Å². The van der Waals surface area contributed by atoms with Crippen molar-refractivity contribution < 1.29 is 23.0 Å². The Balaban J connectivity index is 1.01. The van der Waals surface area contributed by atoms with Crippen LogP contribution in [0.5, 0.6) is 17.2 Å². The summed E-state index contributed by atoms with van der Waals surface area (Å²) < 4.78 is 45.4. The van der Waals surface area contributed by atoms with Crippen molar-refractivity contribution in [1.29, 1.82) is 5.26 Å². The second kappa shape index (κ2) is 13.8. The van der Waals surface area contributed by atoms with Gasteiger partial charge in [0.1, 0.15) is 36.0 Å². The molecule has 3 aromatic carbocycles. The number of halogens is 4. The maximum atomic E-state index is 13.3. The molecule has 2 N–H and O–H groups in total. The molecule has 2 fully saturated rings. The second-order valence-corrected chi connectivity index (χ2v) is 14.1. The van der Waals surface area contributed by atoms with Crippen molar-refractivity contribution in [2.24, 2.45) is 11.1 Å². The van der Waals surface area contributed by atoms with Crippen LogP contribution >= 0.6 is 23.2 Å². The van der Waals surface area contributed by atoms with Gasteiger partial charge < -0.3 is 24.8 Å². The summed E-state index contributed by atoms with van der Waals surface area (Å²) in [6, 6.07) is 19.3. The molecule has 1 saturated carbocycles. The SMILES string of the molecule is N#Cc1cncc(COc2cc(O[C@H]3CCc4c(-c5cccc(OCCCN6CC7(C6)CC(F)(F)C7)c5Cl)cccc43)c(Cl)cc2CN)c1. The van der Waals surface area contributed by atoms with Crippen LogP contribution in [0.25, 0.3) is 11.1 Å². The molecule has 1 aromatic heterocycles. The lowest BCUT2D eigenvalue weighted by molar-refractivity contribution is -0.213. The third kappa shape index (κ3) is 7.06. The Labute approximate surface area is 294 Å². The quantitative estimate of drug-likeness (QED) is 0.148. The first-order valence-electron chi connectivity index (χ1n) is 16.5. The van der Waals surface area contributed by atoms with E-state index in [2.05, 4.69) is 28.1 Å². The molecule has 7 nitrogen and oxygen atoms in total. The van der Waals surface area contributed by atoms with E-state index in [1.165, 1.54) is 6.20 Å². The molecule has 0 bridgehead atoms. The number of nitrogens with zero attached hydrogens (tertiary/aromatic N) is 3. The van der Waals surface area contributed by atoms with E-state index in [0.717, 1.165) is 72.3 Å². The highest BCUT2D eigenvalue weighted by Crippen LogP contribution is 2.56. The molecule has 0 unspecified atom stereocenters. The van der Waals surface area contributed by atoms with E-state index in [9.17, 15) is 14.0 Å². The van der Waals surface area contributed by atoms with Gasteiger partial charge in [-0.05, 0) is 54.2 Å². The normalized spacial score (nSPS) is 18.7. The van der Waals surface area contributed by atoms with Crippen LogP contribution in [0.4, 0.5) is 8.78 Å². The van der Waals surface area contributed by atoms with Gasteiger partial charge in [-0.15, -0.1) is 0 Å². The molecule has 3 aliphatic rings. The van der Waals surface area contributed by atoms with Gasteiger partial charge in [0.25, 0.3) is 0 Å². The standard InChI is InChI=1S/C38H36Cl2F2N4O3/c39-31-13-26(16-44)34(48-19-25-12-24(15-43)17-45-18-25)14-35(31)49-32-9-8-28-27(4-1-5-29(28)32)30-6-2-7-33(36(30)40)47-11-3-10-46-22-37(23-46)20-38(41,42)21-37/h1-2,4-7,12-14,17-18,32H,3,8-11,16,19-23,44H2/t32-/m0/s1. The fourth-order valence-electron chi connectivity index (χ4n) is 7.52. The van der Waals surface area contributed by atoms with E-state index in [1.807, 2.05) is 24.3 Å². The summed E-state index contributed by atoms with van der Waals surface area (Å²) in [5.74, 6) is -0.804. The van der Waals surface area contributed by atoms with Crippen LogP contribution in [0.3, 0.4) is 0 Å². The molecule has 1 atom stereocenters. The maximum absolute atomic E-state index is 13.3. The maximum Gasteiger partial charge on any atom is 0.249 e. The van der Waals surface area contributed by atoms with E-state index in [0.29, 0.717) is 39.5 Å². The third-order valence-electron chi connectivity index (χ3n) is 9.65. The van der Waals surface area contributed by atoms with E-state index in [4.69, 9.17) is 43.1 Å². The summed E-state index contributed by atoms with van der Waals surface area (Å²) in [6.07, 6.45) is 5.32. The fraction of sp³-hybridized carbons (Fsp3) is 0.368. The number of fused-ring (bicyclic) bond motifs is 1. The number of likely N-dealkylation sites (tertiary alicyclic amines) is 1. The monoisotopic (exact) mass is 704 g/mol. The van der Waals surface area contributed by atoms with Crippen LogP contribution in [-0.4, -0.2) is 42.0 Å². The largest absolute Gasteiger partial charge is 0.492 e. The molecular formula is C38H36Cl2F2N4O3. The van der Waals surface area contributed by atoms with Gasteiger partial charge in [0.05, 0.1) is 22.2 Å². The highest BCUT2D eigenvalue weighted by Gasteiger charge is 2.61. The Kier molecular flexibility index (Phi) is 9.42. The van der Waals surface area contributed by atoms with Gasteiger partial charge in [0, 0.05) is 79.6 Å². The number of ether oxygens (including phenoxy) is 3. The van der Waals surface area contributed by atoms with Gasteiger partial charge in [-0.1, -0.05) is 53.5 Å². The van der Waals surface area contributed by atoms with Gasteiger partial charge in [-0.3, -0.25) is 4.98 Å². The van der Waals surface area contributed by atoms with Gasteiger partial charge >= 0.3 is 0 Å². The van der Waals surface area contributed by atoms with Gasteiger partial charge in [-0.2, -0.15) is 5.26 Å². The molecule has 254 valence electrons. The molecule has 2 heterocycles. The number of rotatable bonds is 12. The number of aromatic nitrogens is 1. The molecule has 0 amide bonds. The molecule has 2 aliphatic carbocycles. The first-order valence-corrected chi connectivity index (χ1v) is 17.2. The van der Waals surface area contributed by atoms with Gasteiger partial charge in [0.15, 0.2) is 0 Å². The number of hydrogen-bond acceptors (Lipinski definition) is 7. The number of alkyl halides is 2. The van der Waals surface area contributed by atoms with Crippen molar-refractivity contribution in [2.75, 3.05) is 26.2 Å². The predicted molar refractivity (Wildman–Crippen MR) is 184 cm³/mol. The Bertz CT molecular complexity index is 1900. The smallest absolute Gasteiger partial charge is 0.249 e. The molecule has 11 heteroatoms. The molecular weight excluding hydrogens is 669 g/mol. The Morgan fingerprint density at radius 1 is 0.980 bits per heavy atom. The predicted octanol–water partition coefficient (Wildman–Crippen LogP) is 8.53. The zero-order valence-corrected chi connectivity index (χ0v) is 28.4. The molecule has 4 aromatic rings. The van der Waals surface area contributed by atoms with Crippen molar-refractivity contribution in [1.82, 2.24) is 9.88 Å². The van der Waals surface area contributed by atoms with Crippen molar-refractivity contribution >= 4 is 23.2 Å². The average molecular weight is 706 g/mol. The first-order chi connectivity index (χ1) is 23.7. The lowest BCUT2D eigenvalue weighted by Crippen LogP contribution is -2.65. The summed E-state index contributed by atoms with van der Waals surface area (Å²) in [5.41, 5.74) is 12.0. The minimum absolute atomic E-state index is 0.0245.